The quantitative estimate of drug-likeness (QED) is 0.654. The van der Waals surface area contributed by atoms with E-state index in [9.17, 15) is 4.79 Å². The lowest BCUT2D eigenvalue weighted by Gasteiger charge is -2.36. The van der Waals surface area contributed by atoms with Crippen molar-refractivity contribution in [3.8, 4) is 0 Å². The Labute approximate surface area is 88.0 Å². The van der Waals surface area contributed by atoms with E-state index >= 15 is 0 Å². The van der Waals surface area contributed by atoms with Crippen molar-refractivity contribution in [3.05, 3.63) is 0 Å². The van der Waals surface area contributed by atoms with Crippen molar-refractivity contribution in [2.24, 2.45) is 16.7 Å². The molecule has 0 heterocycles. The Balaban J connectivity index is 4.83. The molecule has 0 aromatic heterocycles. The van der Waals surface area contributed by atoms with Crippen LogP contribution in [0.5, 0.6) is 0 Å². The molecule has 14 heavy (non-hydrogen) atoms. The number of rotatable bonds is 3. The Kier molecular flexibility index (Phi) is 4.16. The highest BCUT2D eigenvalue weighted by Crippen LogP contribution is 2.40. The van der Waals surface area contributed by atoms with Gasteiger partial charge in [0.05, 0.1) is 12.5 Å². The maximum absolute atomic E-state index is 11.7. The number of ether oxygens (including phenoxy) is 1. The third-order valence-corrected chi connectivity index (χ3v) is 2.82. The fourth-order valence-electron chi connectivity index (χ4n) is 1.85. The monoisotopic (exact) mass is 200 g/mol. The summed E-state index contributed by atoms with van der Waals surface area (Å²) in [6.45, 7) is 12.6. The highest BCUT2D eigenvalue weighted by atomic mass is 16.5. The van der Waals surface area contributed by atoms with Gasteiger partial charge < -0.3 is 4.74 Å². The molecule has 0 saturated carbocycles. The average Bonchev–Trinajstić information content (AvgIpc) is 1.99. The topological polar surface area (TPSA) is 26.3 Å². The summed E-state index contributed by atoms with van der Waals surface area (Å²) in [7, 11) is 1.46. The number of esters is 1. The van der Waals surface area contributed by atoms with Crippen molar-refractivity contribution >= 4 is 5.97 Å². The Hall–Kier alpha value is -0.530. The first kappa shape index (κ1) is 13.5. The number of carbonyl (C=O) groups excluding carboxylic acids is 1. The first-order chi connectivity index (χ1) is 6.13. The van der Waals surface area contributed by atoms with Crippen LogP contribution >= 0.6 is 0 Å². The second-order valence-corrected chi connectivity index (χ2v) is 5.80. The third-order valence-electron chi connectivity index (χ3n) is 2.82. The molecule has 0 radical (unpaired) electrons. The van der Waals surface area contributed by atoms with Gasteiger partial charge >= 0.3 is 5.97 Å². The third kappa shape index (κ3) is 3.32. The molecular formula is C12H24O2. The molecule has 2 nitrogen and oxygen atoms in total. The van der Waals surface area contributed by atoms with Gasteiger partial charge in [0.15, 0.2) is 0 Å². The normalized spacial score (nSPS) is 16.6. The van der Waals surface area contributed by atoms with Crippen LogP contribution in [0.2, 0.25) is 0 Å². The van der Waals surface area contributed by atoms with E-state index in [-0.39, 0.29) is 16.8 Å². The predicted octanol–water partition coefficient (Wildman–Crippen LogP) is 3.26. The van der Waals surface area contributed by atoms with Gasteiger partial charge in [-0.25, -0.2) is 0 Å². The minimum absolute atomic E-state index is 0.0950. The first-order valence-electron chi connectivity index (χ1n) is 5.22. The van der Waals surface area contributed by atoms with Crippen molar-refractivity contribution in [2.45, 2.75) is 48.0 Å². The van der Waals surface area contributed by atoms with E-state index < -0.39 is 0 Å². The molecule has 2 heteroatoms. The van der Waals surface area contributed by atoms with Gasteiger partial charge in [0.25, 0.3) is 0 Å². The lowest BCUT2D eigenvalue weighted by molar-refractivity contribution is -0.156. The zero-order valence-electron chi connectivity index (χ0n) is 10.6. The minimum Gasteiger partial charge on any atom is -0.469 e. The van der Waals surface area contributed by atoms with Crippen LogP contribution in [0.1, 0.15) is 48.0 Å². The molecule has 0 amide bonds. The highest BCUT2D eigenvalue weighted by Gasteiger charge is 2.40. The molecule has 0 aliphatic heterocycles. The van der Waals surface area contributed by atoms with Crippen LogP contribution in [0.3, 0.4) is 0 Å². The van der Waals surface area contributed by atoms with Gasteiger partial charge in [0.1, 0.15) is 0 Å². The standard InChI is InChI=1S/C12H24O2/c1-9(2)12(6,10(13)14-7)8-11(3,4)5/h9H,8H2,1-7H3. The molecule has 0 aliphatic rings. The molecule has 0 N–H and O–H groups in total. The summed E-state index contributed by atoms with van der Waals surface area (Å²) in [5.41, 5.74) is -0.222. The van der Waals surface area contributed by atoms with Crippen LogP contribution in [-0.4, -0.2) is 13.1 Å². The summed E-state index contributed by atoms with van der Waals surface area (Å²) < 4.78 is 4.88. The first-order valence-corrected chi connectivity index (χ1v) is 5.22. The van der Waals surface area contributed by atoms with E-state index in [1.807, 2.05) is 6.92 Å². The molecule has 0 rings (SSSR count). The number of hydrogen-bond acceptors (Lipinski definition) is 2. The van der Waals surface area contributed by atoms with Crippen molar-refractivity contribution in [2.75, 3.05) is 7.11 Å². The maximum Gasteiger partial charge on any atom is 0.311 e. The van der Waals surface area contributed by atoms with Crippen LogP contribution in [0.15, 0.2) is 0 Å². The van der Waals surface area contributed by atoms with Gasteiger partial charge in [-0.2, -0.15) is 0 Å². The van der Waals surface area contributed by atoms with E-state index in [2.05, 4.69) is 34.6 Å². The molecule has 1 atom stereocenters. The molecule has 0 saturated heterocycles. The summed E-state index contributed by atoms with van der Waals surface area (Å²) in [4.78, 5) is 11.7. The summed E-state index contributed by atoms with van der Waals surface area (Å²) in [6, 6.07) is 0. The van der Waals surface area contributed by atoms with Gasteiger partial charge in [0, 0.05) is 0 Å². The molecule has 0 aliphatic carbocycles. The van der Waals surface area contributed by atoms with Crippen LogP contribution < -0.4 is 0 Å². The average molecular weight is 200 g/mol. The predicted molar refractivity (Wildman–Crippen MR) is 59.0 cm³/mol. The Bertz CT molecular complexity index is 201. The number of hydrogen-bond donors (Lipinski definition) is 0. The van der Waals surface area contributed by atoms with Crippen molar-refractivity contribution < 1.29 is 9.53 Å². The molecule has 0 spiro atoms. The zero-order valence-corrected chi connectivity index (χ0v) is 10.6. The molecule has 0 fully saturated rings. The van der Waals surface area contributed by atoms with Crippen LogP contribution in [0.4, 0.5) is 0 Å². The van der Waals surface area contributed by atoms with Crippen molar-refractivity contribution in [3.63, 3.8) is 0 Å². The Morgan fingerprint density at radius 3 is 1.86 bits per heavy atom. The van der Waals surface area contributed by atoms with Gasteiger partial charge in [-0.3, -0.25) is 4.79 Å². The van der Waals surface area contributed by atoms with Crippen LogP contribution in [-0.2, 0) is 9.53 Å². The van der Waals surface area contributed by atoms with Crippen LogP contribution in [0.25, 0.3) is 0 Å². The summed E-state index contributed by atoms with van der Waals surface area (Å²) in [5, 5.41) is 0. The van der Waals surface area contributed by atoms with E-state index in [4.69, 9.17) is 4.74 Å². The van der Waals surface area contributed by atoms with Crippen molar-refractivity contribution in [1.82, 2.24) is 0 Å². The SMILES string of the molecule is COC(=O)C(C)(CC(C)(C)C)C(C)C. The molecule has 0 aromatic rings. The molecule has 0 bridgehead atoms. The van der Waals surface area contributed by atoms with Gasteiger partial charge in [-0.05, 0) is 24.7 Å². The lowest BCUT2D eigenvalue weighted by Crippen LogP contribution is -2.37. The largest absolute Gasteiger partial charge is 0.469 e. The van der Waals surface area contributed by atoms with E-state index in [1.165, 1.54) is 7.11 Å². The fourth-order valence-corrected chi connectivity index (χ4v) is 1.85. The summed E-state index contributed by atoms with van der Waals surface area (Å²) >= 11 is 0. The molecule has 0 aromatic carbocycles. The van der Waals surface area contributed by atoms with E-state index in [0.29, 0.717) is 5.92 Å². The second kappa shape index (κ2) is 4.33. The molecule has 84 valence electrons. The Morgan fingerprint density at radius 2 is 1.64 bits per heavy atom. The van der Waals surface area contributed by atoms with Crippen LogP contribution in [0, 0.1) is 16.7 Å². The lowest BCUT2D eigenvalue weighted by atomic mass is 9.69. The number of methoxy groups -OCH3 is 1. The van der Waals surface area contributed by atoms with Gasteiger partial charge in [-0.15, -0.1) is 0 Å². The fraction of sp³-hybridized carbons (Fsp3) is 0.917. The summed E-state index contributed by atoms with van der Waals surface area (Å²) in [5.74, 6) is 0.205. The zero-order chi connectivity index (χ0) is 11.6. The molecular weight excluding hydrogens is 176 g/mol. The maximum atomic E-state index is 11.7. The minimum atomic E-state index is -0.368. The Morgan fingerprint density at radius 1 is 1.21 bits per heavy atom. The molecule has 1 unspecified atom stereocenters. The second-order valence-electron chi connectivity index (χ2n) is 5.80. The highest BCUT2D eigenvalue weighted by molar-refractivity contribution is 5.76. The van der Waals surface area contributed by atoms with Crippen molar-refractivity contribution in [1.29, 1.82) is 0 Å². The smallest absolute Gasteiger partial charge is 0.311 e. The van der Waals surface area contributed by atoms with E-state index in [0.717, 1.165) is 6.42 Å². The summed E-state index contributed by atoms with van der Waals surface area (Å²) in [6.07, 6.45) is 0.852. The van der Waals surface area contributed by atoms with Gasteiger partial charge in [0.2, 0.25) is 0 Å². The number of carbonyl (C=O) groups is 1. The van der Waals surface area contributed by atoms with Gasteiger partial charge in [-0.1, -0.05) is 34.6 Å². The van der Waals surface area contributed by atoms with E-state index in [1.54, 1.807) is 0 Å².